The summed E-state index contributed by atoms with van der Waals surface area (Å²) in [5.41, 5.74) is 0. The predicted molar refractivity (Wildman–Crippen MR) is 60.4 cm³/mol. The number of hydrogen-bond donors (Lipinski definition) is 1. The van der Waals surface area contributed by atoms with Gasteiger partial charge in [0.2, 0.25) is 0 Å². The average molecular weight is 267 g/mol. The fourth-order valence-electron chi connectivity index (χ4n) is 2.74. The number of halogens is 3. The van der Waals surface area contributed by atoms with Gasteiger partial charge in [-0.1, -0.05) is 0 Å². The largest absolute Gasteiger partial charge is 0.411 e. The van der Waals surface area contributed by atoms with Gasteiger partial charge in [0.1, 0.15) is 6.61 Å². The molecule has 2 heterocycles. The van der Waals surface area contributed by atoms with Crippen LogP contribution in [-0.2, 0) is 9.47 Å². The van der Waals surface area contributed by atoms with Crippen molar-refractivity contribution in [3.05, 3.63) is 0 Å². The summed E-state index contributed by atoms with van der Waals surface area (Å²) < 4.78 is 45.6. The van der Waals surface area contributed by atoms with Crippen molar-refractivity contribution in [2.24, 2.45) is 0 Å². The summed E-state index contributed by atoms with van der Waals surface area (Å²) in [6.45, 7) is -0.566. The zero-order chi connectivity index (χ0) is 13.0. The molecule has 2 aliphatic heterocycles. The number of nitrogens with one attached hydrogen (secondary N) is 1. The molecule has 3 nitrogen and oxygen atoms in total. The van der Waals surface area contributed by atoms with Crippen LogP contribution in [0.15, 0.2) is 0 Å². The zero-order valence-electron chi connectivity index (χ0n) is 10.3. The number of fused-ring (bicyclic) bond motifs is 2. The average Bonchev–Trinajstić information content (AvgIpc) is 2.62. The van der Waals surface area contributed by atoms with Gasteiger partial charge in [-0.2, -0.15) is 13.2 Å². The molecule has 0 saturated carbocycles. The van der Waals surface area contributed by atoms with E-state index < -0.39 is 12.8 Å². The second-order valence-electron chi connectivity index (χ2n) is 5.12. The highest BCUT2D eigenvalue weighted by molar-refractivity contribution is 4.92. The number of ether oxygens (including phenoxy) is 2. The van der Waals surface area contributed by atoms with Crippen molar-refractivity contribution < 1.29 is 22.6 Å². The fourth-order valence-corrected chi connectivity index (χ4v) is 2.74. The molecule has 0 aromatic heterocycles. The summed E-state index contributed by atoms with van der Waals surface area (Å²) in [5, 5.41) is 3.52. The first-order valence-electron chi connectivity index (χ1n) is 6.55. The number of alkyl halides is 3. The minimum atomic E-state index is -4.23. The molecule has 0 amide bonds. The van der Waals surface area contributed by atoms with Crippen molar-refractivity contribution in [3.8, 4) is 0 Å². The molecule has 2 bridgehead atoms. The molecule has 0 aromatic rings. The molecule has 18 heavy (non-hydrogen) atoms. The van der Waals surface area contributed by atoms with Crippen molar-refractivity contribution in [1.82, 2.24) is 5.32 Å². The Morgan fingerprint density at radius 2 is 1.72 bits per heavy atom. The first kappa shape index (κ1) is 14.1. The van der Waals surface area contributed by atoms with E-state index in [1.54, 1.807) is 0 Å². The molecule has 6 heteroatoms. The fraction of sp³-hybridized carbons (Fsp3) is 1.00. The van der Waals surface area contributed by atoms with Gasteiger partial charge in [-0.05, 0) is 32.1 Å². The monoisotopic (exact) mass is 267 g/mol. The molecule has 0 radical (unpaired) electrons. The standard InChI is InChI=1S/C12H20F3NO2/c13-12(14,15)8-17-4-1-5-18-11-6-9-2-3-10(7-11)16-9/h9-11,16H,1-8H2. The Morgan fingerprint density at radius 1 is 1.06 bits per heavy atom. The molecule has 2 rings (SSSR count). The van der Waals surface area contributed by atoms with Crippen LogP contribution in [0.1, 0.15) is 32.1 Å². The van der Waals surface area contributed by atoms with Crippen molar-refractivity contribution in [3.63, 3.8) is 0 Å². The summed E-state index contributed by atoms with van der Waals surface area (Å²) in [6.07, 6.45) is 1.06. The summed E-state index contributed by atoms with van der Waals surface area (Å²) in [4.78, 5) is 0. The van der Waals surface area contributed by atoms with E-state index >= 15 is 0 Å². The Bertz CT molecular complexity index is 248. The van der Waals surface area contributed by atoms with E-state index in [2.05, 4.69) is 10.1 Å². The normalized spacial score (nSPS) is 31.8. The number of piperidine rings is 1. The van der Waals surface area contributed by atoms with E-state index in [0.29, 0.717) is 25.1 Å². The van der Waals surface area contributed by atoms with Crippen LogP contribution in [0.3, 0.4) is 0 Å². The summed E-state index contributed by atoms with van der Waals surface area (Å²) in [5.74, 6) is 0. The van der Waals surface area contributed by atoms with Gasteiger partial charge in [0.15, 0.2) is 0 Å². The van der Waals surface area contributed by atoms with Crippen molar-refractivity contribution >= 4 is 0 Å². The second kappa shape index (κ2) is 6.21. The quantitative estimate of drug-likeness (QED) is 0.749. The van der Waals surface area contributed by atoms with Gasteiger partial charge >= 0.3 is 6.18 Å². The predicted octanol–water partition coefficient (Wildman–Crippen LogP) is 2.25. The van der Waals surface area contributed by atoms with Crippen LogP contribution in [0.2, 0.25) is 0 Å². The first-order valence-corrected chi connectivity index (χ1v) is 6.55. The lowest BCUT2D eigenvalue weighted by molar-refractivity contribution is -0.174. The molecule has 2 atom stereocenters. The smallest absolute Gasteiger partial charge is 0.378 e. The Kier molecular flexibility index (Phi) is 4.86. The van der Waals surface area contributed by atoms with Gasteiger partial charge in [0.05, 0.1) is 6.10 Å². The minimum absolute atomic E-state index is 0.108. The number of rotatable bonds is 6. The van der Waals surface area contributed by atoms with Gasteiger partial charge in [0.25, 0.3) is 0 Å². The van der Waals surface area contributed by atoms with E-state index in [9.17, 15) is 13.2 Å². The Labute approximate surface area is 105 Å². The molecular formula is C12H20F3NO2. The maximum Gasteiger partial charge on any atom is 0.411 e. The molecule has 0 spiro atoms. The van der Waals surface area contributed by atoms with Crippen LogP contribution >= 0.6 is 0 Å². The lowest BCUT2D eigenvalue weighted by Gasteiger charge is -2.29. The first-order chi connectivity index (χ1) is 8.53. The molecule has 0 aromatic carbocycles. The molecule has 2 unspecified atom stereocenters. The van der Waals surface area contributed by atoms with Gasteiger partial charge < -0.3 is 14.8 Å². The molecule has 2 aliphatic rings. The molecule has 106 valence electrons. The van der Waals surface area contributed by atoms with Gasteiger partial charge in [-0.15, -0.1) is 0 Å². The second-order valence-corrected chi connectivity index (χ2v) is 5.12. The molecule has 0 aliphatic carbocycles. The maximum absolute atomic E-state index is 11.8. The Balaban J connectivity index is 1.49. The molecule has 2 saturated heterocycles. The summed E-state index contributed by atoms with van der Waals surface area (Å²) in [7, 11) is 0. The van der Waals surface area contributed by atoms with Gasteiger partial charge in [0, 0.05) is 25.3 Å². The van der Waals surface area contributed by atoms with E-state index in [4.69, 9.17) is 4.74 Å². The SMILES string of the molecule is FC(F)(F)COCCCOC1CC2CCC(C1)N2. The lowest BCUT2D eigenvalue weighted by Crippen LogP contribution is -2.41. The van der Waals surface area contributed by atoms with Gasteiger partial charge in [-0.25, -0.2) is 0 Å². The highest BCUT2D eigenvalue weighted by Gasteiger charge is 2.33. The van der Waals surface area contributed by atoms with E-state index in [0.717, 1.165) is 12.8 Å². The number of hydrogen-bond acceptors (Lipinski definition) is 3. The Hall–Kier alpha value is -0.330. The van der Waals surface area contributed by atoms with Crippen molar-refractivity contribution in [1.29, 1.82) is 0 Å². The van der Waals surface area contributed by atoms with Crippen LogP contribution in [0.4, 0.5) is 13.2 Å². The highest BCUT2D eigenvalue weighted by Crippen LogP contribution is 2.28. The van der Waals surface area contributed by atoms with Gasteiger partial charge in [-0.3, -0.25) is 0 Å². The molecule has 1 N–H and O–H groups in total. The third-order valence-corrected chi connectivity index (χ3v) is 3.48. The van der Waals surface area contributed by atoms with Crippen LogP contribution in [0, 0.1) is 0 Å². The highest BCUT2D eigenvalue weighted by atomic mass is 19.4. The van der Waals surface area contributed by atoms with Crippen molar-refractivity contribution in [2.75, 3.05) is 19.8 Å². The lowest BCUT2D eigenvalue weighted by atomic mass is 10.0. The van der Waals surface area contributed by atoms with E-state index in [1.165, 1.54) is 12.8 Å². The maximum atomic E-state index is 11.8. The van der Waals surface area contributed by atoms with E-state index in [-0.39, 0.29) is 12.7 Å². The summed E-state index contributed by atoms with van der Waals surface area (Å²) in [6, 6.07) is 1.16. The minimum Gasteiger partial charge on any atom is -0.378 e. The van der Waals surface area contributed by atoms with E-state index in [1.807, 2.05) is 0 Å². The molecular weight excluding hydrogens is 247 g/mol. The zero-order valence-corrected chi connectivity index (χ0v) is 10.3. The third kappa shape index (κ3) is 4.74. The van der Waals surface area contributed by atoms with Crippen LogP contribution in [0.25, 0.3) is 0 Å². The summed E-state index contributed by atoms with van der Waals surface area (Å²) >= 11 is 0. The molecule has 2 fully saturated rings. The van der Waals surface area contributed by atoms with Crippen LogP contribution in [-0.4, -0.2) is 44.2 Å². The van der Waals surface area contributed by atoms with Crippen LogP contribution in [0.5, 0.6) is 0 Å². The topological polar surface area (TPSA) is 30.5 Å². The Morgan fingerprint density at radius 3 is 2.33 bits per heavy atom. The third-order valence-electron chi connectivity index (χ3n) is 3.48. The van der Waals surface area contributed by atoms with Crippen LogP contribution < -0.4 is 5.32 Å². The van der Waals surface area contributed by atoms with Crippen molar-refractivity contribution in [2.45, 2.75) is 56.5 Å².